The van der Waals surface area contributed by atoms with Crippen LogP contribution < -0.4 is 0 Å². The third kappa shape index (κ3) is 8.12. The van der Waals surface area contributed by atoms with Crippen molar-refractivity contribution in [3.8, 4) is 0 Å². The molecule has 16 heavy (non-hydrogen) atoms. The maximum absolute atomic E-state index is 9.02. The molecule has 0 aromatic heterocycles. The van der Waals surface area contributed by atoms with Crippen molar-refractivity contribution in [2.75, 3.05) is 0 Å². The fourth-order valence-electron chi connectivity index (χ4n) is 2.37. The summed E-state index contributed by atoms with van der Waals surface area (Å²) in [5.41, 5.74) is 0. The molecule has 0 fully saturated rings. The molecule has 0 spiro atoms. The molecular weight excluding hydrogens is 200 g/mol. The summed E-state index contributed by atoms with van der Waals surface area (Å²) in [7, 11) is 0. The quantitative estimate of drug-likeness (QED) is 0.627. The minimum Gasteiger partial charge on any atom is -0.368 e. The van der Waals surface area contributed by atoms with Crippen LogP contribution >= 0.6 is 0 Å². The van der Waals surface area contributed by atoms with Crippen molar-refractivity contribution in [2.45, 2.75) is 66.6 Å². The molecule has 0 radical (unpaired) electrons. The van der Waals surface area contributed by atoms with Gasteiger partial charge in [0.15, 0.2) is 6.29 Å². The summed E-state index contributed by atoms with van der Waals surface area (Å²) in [5.74, 6) is 2.15. The molecule has 0 saturated heterocycles. The van der Waals surface area contributed by atoms with Crippen LogP contribution in [0, 0.1) is 23.7 Å². The summed E-state index contributed by atoms with van der Waals surface area (Å²) in [6, 6.07) is 0. The summed E-state index contributed by atoms with van der Waals surface area (Å²) < 4.78 is 0. The van der Waals surface area contributed by atoms with Gasteiger partial charge in [-0.2, -0.15) is 0 Å². The van der Waals surface area contributed by atoms with Crippen molar-refractivity contribution in [1.82, 2.24) is 0 Å². The first-order chi connectivity index (χ1) is 7.32. The molecule has 2 nitrogen and oxygen atoms in total. The molecule has 0 amide bonds. The van der Waals surface area contributed by atoms with Gasteiger partial charge in [0.05, 0.1) is 0 Å². The van der Waals surface area contributed by atoms with E-state index in [0.29, 0.717) is 5.92 Å². The monoisotopic (exact) mass is 230 g/mol. The predicted molar refractivity (Wildman–Crippen MR) is 69.0 cm³/mol. The molecule has 3 unspecified atom stereocenters. The molecule has 98 valence electrons. The average Bonchev–Trinajstić information content (AvgIpc) is 2.13. The van der Waals surface area contributed by atoms with E-state index in [1.807, 2.05) is 6.92 Å². The highest BCUT2D eigenvalue weighted by molar-refractivity contribution is 4.64. The highest BCUT2D eigenvalue weighted by Crippen LogP contribution is 2.23. The minimum atomic E-state index is -1.16. The molecule has 0 aliphatic rings. The van der Waals surface area contributed by atoms with Crippen LogP contribution in [0.25, 0.3) is 0 Å². The van der Waals surface area contributed by atoms with Crippen molar-refractivity contribution < 1.29 is 10.2 Å². The van der Waals surface area contributed by atoms with Gasteiger partial charge in [0.25, 0.3) is 0 Å². The zero-order valence-electron chi connectivity index (χ0n) is 11.6. The first kappa shape index (κ1) is 15.9. The lowest BCUT2D eigenvalue weighted by molar-refractivity contribution is -0.0838. The maximum atomic E-state index is 9.02. The van der Waals surface area contributed by atoms with Gasteiger partial charge in [-0.1, -0.05) is 47.5 Å². The van der Waals surface area contributed by atoms with Gasteiger partial charge in [-0.3, -0.25) is 0 Å². The Kier molecular flexibility index (Phi) is 8.04. The standard InChI is InChI=1S/C14H30O2/c1-10(2)8-11(3)6-7-12(4)9-13(5)14(15)16/h10-16H,6-9H2,1-5H3. The third-order valence-electron chi connectivity index (χ3n) is 3.31. The van der Waals surface area contributed by atoms with E-state index in [9.17, 15) is 0 Å². The van der Waals surface area contributed by atoms with Gasteiger partial charge >= 0.3 is 0 Å². The Bertz CT molecular complexity index is 166. The van der Waals surface area contributed by atoms with Crippen LogP contribution in [-0.2, 0) is 0 Å². The van der Waals surface area contributed by atoms with Crippen LogP contribution in [0.4, 0.5) is 0 Å². The van der Waals surface area contributed by atoms with Crippen molar-refractivity contribution in [3.05, 3.63) is 0 Å². The zero-order valence-corrected chi connectivity index (χ0v) is 11.6. The van der Waals surface area contributed by atoms with Gasteiger partial charge in [-0.05, 0) is 30.6 Å². The number of hydrogen-bond donors (Lipinski definition) is 2. The maximum Gasteiger partial charge on any atom is 0.154 e. The van der Waals surface area contributed by atoms with Crippen LogP contribution in [0.5, 0.6) is 0 Å². The molecule has 0 aromatic carbocycles. The fourth-order valence-corrected chi connectivity index (χ4v) is 2.37. The molecule has 0 saturated carbocycles. The Labute approximate surface area is 101 Å². The average molecular weight is 230 g/mol. The minimum absolute atomic E-state index is 0.00425. The van der Waals surface area contributed by atoms with Gasteiger partial charge < -0.3 is 10.2 Å². The lowest BCUT2D eigenvalue weighted by Crippen LogP contribution is -2.19. The summed E-state index contributed by atoms with van der Waals surface area (Å²) in [6.45, 7) is 11.0. The predicted octanol–water partition coefficient (Wildman–Crippen LogP) is 3.42. The first-order valence-electron chi connectivity index (χ1n) is 6.69. The summed E-state index contributed by atoms with van der Waals surface area (Å²) >= 11 is 0. The second kappa shape index (κ2) is 8.08. The van der Waals surface area contributed by atoms with Crippen LogP contribution in [-0.4, -0.2) is 16.5 Å². The smallest absolute Gasteiger partial charge is 0.154 e. The Hall–Kier alpha value is -0.0800. The van der Waals surface area contributed by atoms with Gasteiger partial charge in [0.1, 0.15) is 0 Å². The van der Waals surface area contributed by atoms with E-state index in [4.69, 9.17) is 10.2 Å². The summed E-state index contributed by atoms with van der Waals surface area (Å²) in [6.07, 6.45) is 3.51. The van der Waals surface area contributed by atoms with Crippen LogP contribution in [0.15, 0.2) is 0 Å². The Morgan fingerprint density at radius 3 is 1.56 bits per heavy atom. The van der Waals surface area contributed by atoms with E-state index in [1.54, 1.807) is 0 Å². The highest BCUT2D eigenvalue weighted by Gasteiger charge is 2.15. The molecule has 0 aliphatic heterocycles. The Morgan fingerprint density at radius 1 is 0.750 bits per heavy atom. The largest absolute Gasteiger partial charge is 0.368 e. The molecule has 2 heteroatoms. The Balaban J connectivity index is 3.68. The molecule has 3 atom stereocenters. The second-order valence-electron chi connectivity index (χ2n) is 6.04. The lowest BCUT2D eigenvalue weighted by atomic mass is 9.88. The van der Waals surface area contributed by atoms with Crippen molar-refractivity contribution in [3.63, 3.8) is 0 Å². The fraction of sp³-hybridized carbons (Fsp3) is 1.00. The second-order valence-corrected chi connectivity index (χ2v) is 6.04. The number of aliphatic hydroxyl groups excluding tert-OH is 1. The van der Waals surface area contributed by atoms with Crippen molar-refractivity contribution in [1.29, 1.82) is 0 Å². The normalized spacial score (nSPS) is 17.8. The molecule has 0 rings (SSSR count). The van der Waals surface area contributed by atoms with Crippen molar-refractivity contribution >= 4 is 0 Å². The molecule has 0 aromatic rings. The molecule has 0 bridgehead atoms. The number of rotatable bonds is 8. The van der Waals surface area contributed by atoms with E-state index in [2.05, 4.69) is 27.7 Å². The number of hydrogen-bond acceptors (Lipinski definition) is 2. The van der Waals surface area contributed by atoms with E-state index in [0.717, 1.165) is 18.3 Å². The topological polar surface area (TPSA) is 40.5 Å². The van der Waals surface area contributed by atoms with Gasteiger partial charge in [0.2, 0.25) is 0 Å². The van der Waals surface area contributed by atoms with E-state index < -0.39 is 6.29 Å². The van der Waals surface area contributed by atoms with Crippen LogP contribution in [0.3, 0.4) is 0 Å². The van der Waals surface area contributed by atoms with Gasteiger partial charge in [0, 0.05) is 5.92 Å². The molecular formula is C14H30O2. The SMILES string of the molecule is CC(C)CC(C)CCC(C)CC(C)C(O)O. The van der Waals surface area contributed by atoms with Gasteiger partial charge in [-0.25, -0.2) is 0 Å². The van der Waals surface area contributed by atoms with E-state index >= 15 is 0 Å². The van der Waals surface area contributed by atoms with Crippen molar-refractivity contribution in [2.24, 2.45) is 23.7 Å². The molecule has 0 heterocycles. The van der Waals surface area contributed by atoms with Crippen LogP contribution in [0.2, 0.25) is 0 Å². The van der Waals surface area contributed by atoms with Gasteiger partial charge in [-0.15, -0.1) is 0 Å². The molecule has 0 aliphatic carbocycles. The van der Waals surface area contributed by atoms with E-state index in [-0.39, 0.29) is 5.92 Å². The zero-order chi connectivity index (χ0) is 12.7. The lowest BCUT2D eigenvalue weighted by Gasteiger charge is -2.20. The third-order valence-corrected chi connectivity index (χ3v) is 3.31. The molecule has 2 N–H and O–H groups in total. The highest BCUT2D eigenvalue weighted by atomic mass is 16.5. The first-order valence-corrected chi connectivity index (χ1v) is 6.69. The summed E-state index contributed by atoms with van der Waals surface area (Å²) in [4.78, 5) is 0. The van der Waals surface area contributed by atoms with Crippen LogP contribution in [0.1, 0.15) is 60.3 Å². The number of aliphatic hydroxyl groups is 2. The van der Waals surface area contributed by atoms with E-state index in [1.165, 1.54) is 19.3 Å². The Morgan fingerprint density at radius 2 is 1.19 bits per heavy atom. The summed E-state index contributed by atoms with van der Waals surface area (Å²) in [5, 5.41) is 18.0.